The molecule has 7 nitrogen and oxygen atoms in total. The molecule has 0 spiro atoms. The Bertz CT molecular complexity index is 1280. The van der Waals surface area contributed by atoms with E-state index in [-0.39, 0.29) is 11.5 Å². The Kier molecular flexibility index (Phi) is 5.17. The quantitative estimate of drug-likeness (QED) is 0.532. The van der Waals surface area contributed by atoms with Gasteiger partial charge in [0.1, 0.15) is 16.4 Å². The lowest BCUT2D eigenvalue weighted by Gasteiger charge is -2.33. The van der Waals surface area contributed by atoms with Crippen molar-refractivity contribution < 1.29 is 9.21 Å². The van der Waals surface area contributed by atoms with Crippen LogP contribution in [0.2, 0.25) is 0 Å². The summed E-state index contributed by atoms with van der Waals surface area (Å²) >= 11 is 1.49. The molecule has 3 aromatic heterocycles. The van der Waals surface area contributed by atoms with E-state index in [1.807, 2.05) is 42.6 Å². The van der Waals surface area contributed by atoms with Gasteiger partial charge in [0.2, 0.25) is 0 Å². The van der Waals surface area contributed by atoms with Gasteiger partial charge in [-0.25, -0.2) is 4.98 Å². The summed E-state index contributed by atoms with van der Waals surface area (Å²) in [5.74, 6) is 1.69. The highest BCUT2D eigenvalue weighted by Crippen LogP contribution is 2.30. The van der Waals surface area contributed by atoms with Crippen LogP contribution in [0.1, 0.15) is 22.1 Å². The molecule has 8 heteroatoms. The number of carbonyl (C=O) groups is 1. The molecule has 4 aromatic rings. The minimum absolute atomic E-state index is 0.0762. The summed E-state index contributed by atoms with van der Waals surface area (Å²) in [6.07, 6.45) is 0. The Balaban J connectivity index is 1.28. The molecule has 158 valence electrons. The molecule has 0 unspecified atom stereocenters. The molecular formula is C23H22N4O3S. The minimum Gasteiger partial charge on any atom is -0.456 e. The fraction of sp³-hybridized carbons (Fsp3) is 0.261. The van der Waals surface area contributed by atoms with Gasteiger partial charge in [0.15, 0.2) is 5.76 Å². The SMILES string of the molecule is Cc1ccc(C(=O)N2CCN(Cc3nc4scc(-c5ccccc5)c4c(=O)[nH]3)CC2)o1. The second-order valence-electron chi connectivity index (χ2n) is 7.69. The number of amides is 1. The number of aromatic nitrogens is 2. The van der Waals surface area contributed by atoms with Crippen LogP contribution in [-0.4, -0.2) is 51.9 Å². The third-order valence-corrected chi connectivity index (χ3v) is 6.43. The fourth-order valence-corrected chi connectivity index (χ4v) is 4.89. The molecule has 1 aliphatic heterocycles. The number of piperazine rings is 1. The Hall–Kier alpha value is -3.23. The first kappa shape index (κ1) is 19.7. The number of nitrogens with one attached hydrogen (secondary N) is 1. The van der Waals surface area contributed by atoms with Crippen LogP contribution < -0.4 is 5.56 Å². The van der Waals surface area contributed by atoms with Crippen molar-refractivity contribution in [1.82, 2.24) is 19.8 Å². The van der Waals surface area contributed by atoms with Crippen molar-refractivity contribution >= 4 is 27.5 Å². The summed E-state index contributed by atoms with van der Waals surface area (Å²) in [7, 11) is 0. The molecule has 4 heterocycles. The summed E-state index contributed by atoms with van der Waals surface area (Å²) in [5.41, 5.74) is 1.82. The van der Waals surface area contributed by atoms with Crippen LogP contribution >= 0.6 is 11.3 Å². The molecule has 0 atom stereocenters. The van der Waals surface area contributed by atoms with Crippen molar-refractivity contribution in [2.45, 2.75) is 13.5 Å². The van der Waals surface area contributed by atoms with Gasteiger partial charge < -0.3 is 14.3 Å². The van der Waals surface area contributed by atoms with Crippen molar-refractivity contribution in [3.05, 3.63) is 75.5 Å². The van der Waals surface area contributed by atoms with Crippen LogP contribution in [0, 0.1) is 6.92 Å². The minimum atomic E-state index is -0.109. The van der Waals surface area contributed by atoms with Crippen molar-refractivity contribution in [3.8, 4) is 11.1 Å². The predicted molar refractivity (Wildman–Crippen MR) is 120 cm³/mol. The molecular weight excluding hydrogens is 412 g/mol. The van der Waals surface area contributed by atoms with Crippen LogP contribution in [0.5, 0.6) is 0 Å². The predicted octanol–water partition coefficient (Wildman–Crippen LogP) is 3.51. The summed E-state index contributed by atoms with van der Waals surface area (Å²) in [6.45, 7) is 5.03. The number of carbonyl (C=O) groups excluding carboxylic acids is 1. The molecule has 1 N–H and O–H groups in total. The molecule has 0 radical (unpaired) electrons. The first-order valence-electron chi connectivity index (χ1n) is 10.2. The van der Waals surface area contributed by atoms with E-state index in [2.05, 4.69) is 9.88 Å². The maximum atomic E-state index is 12.8. The number of thiophene rings is 1. The Morgan fingerprint density at radius 1 is 1.13 bits per heavy atom. The van der Waals surface area contributed by atoms with Crippen molar-refractivity contribution in [2.24, 2.45) is 0 Å². The average molecular weight is 435 g/mol. The van der Waals surface area contributed by atoms with E-state index in [1.54, 1.807) is 17.0 Å². The van der Waals surface area contributed by atoms with Gasteiger partial charge in [0.05, 0.1) is 11.9 Å². The molecule has 1 saturated heterocycles. The van der Waals surface area contributed by atoms with Gasteiger partial charge in [-0.2, -0.15) is 0 Å². The largest absolute Gasteiger partial charge is 0.456 e. The molecule has 1 aliphatic rings. The Labute approximate surface area is 182 Å². The van der Waals surface area contributed by atoms with Crippen LogP contribution in [0.3, 0.4) is 0 Å². The van der Waals surface area contributed by atoms with E-state index in [1.165, 1.54) is 11.3 Å². The number of H-pyrrole nitrogens is 1. The highest BCUT2D eigenvalue weighted by atomic mass is 32.1. The fourth-order valence-electron chi connectivity index (χ4n) is 3.92. The molecule has 0 bridgehead atoms. The first-order valence-corrected chi connectivity index (χ1v) is 11.1. The zero-order chi connectivity index (χ0) is 21.4. The van der Waals surface area contributed by atoms with E-state index in [0.29, 0.717) is 49.7 Å². The number of rotatable bonds is 4. The van der Waals surface area contributed by atoms with Gasteiger partial charge >= 0.3 is 0 Å². The second-order valence-corrected chi connectivity index (χ2v) is 8.54. The average Bonchev–Trinajstić information content (AvgIpc) is 3.41. The van der Waals surface area contributed by atoms with Crippen molar-refractivity contribution in [1.29, 1.82) is 0 Å². The molecule has 0 aliphatic carbocycles. The number of benzene rings is 1. The lowest BCUT2D eigenvalue weighted by Crippen LogP contribution is -2.48. The number of nitrogens with zero attached hydrogens (tertiary/aromatic N) is 3. The normalized spacial score (nSPS) is 14.9. The van der Waals surface area contributed by atoms with Gasteiger partial charge in [-0.1, -0.05) is 30.3 Å². The van der Waals surface area contributed by atoms with E-state index in [0.717, 1.165) is 21.7 Å². The van der Waals surface area contributed by atoms with E-state index in [4.69, 9.17) is 9.40 Å². The van der Waals surface area contributed by atoms with Gasteiger partial charge in [0.25, 0.3) is 11.5 Å². The highest BCUT2D eigenvalue weighted by molar-refractivity contribution is 7.17. The third kappa shape index (κ3) is 3.92. The van der Waals surface area contributed by atoms with E-state index >= 15 is 0 Å². The van der Waals surface area contributed by atoms with Crippen molar-refractivity contribution in [2.75, 3.05) is 26.2 Å². The van der Waals surface area contributed by atoms with Gasteiger partial charge in [0, 0.05) is 37.1 Å². The van der Waals surface area contributed by atoms with Gasteiger partial charge in [-0.15, -0.1) is 11.3 Å². The second kappa shape index (κ2) is 8.13. The van der Waals surface area contributed by atoms with Crippen LogP contribution in [0.25, 0.3) is 21.3 Å². The monoisotopic (exact) mass is 434 g/mol. The van der Waals surface area contributed by atoms with E-state index < -0.39 is 0 Å². The summed E-state index contributed by atoms with van der Waals surface area (Å²) < 4.78 is 5.46. The highest BCUT2D eigenvalue weighted by Gasteiger charge is 2.24. The maximum absolute atomic E-state index is 12.8. The van der Waals surface area contributed by atoms with Crippen LogP contribution in [0.15, 0.2) is 57.1 Å². The summed E-state index contributed by atoms with van der Waals surface area (Å²) in [5, 5.41) is 2.64. The molecule has 0 saturated carbocycles. The lowest BCUT2D eigenvalue weighted by molar-refractivity contribution is 0.0593. The number of hydrogen-bond acceptors (Lipinski definition) is 6. The summed E-state index contributed by atoms with van der Waals surface area (Å²) in [6, 6.07) is 13.4. The van der Waals surface area contributed by atoms with Crippen molar-refractivity contribution in [3.63, 3.8) is 0 Å². The van der Waals surface area contributed by atoms with Crippen LogP contribution in [-0.2, 0) is 6.54 Å². The number of aryl methyl sites for hydroxylation is 1. The number of furan rings is 1. The standard InChI is InChI=1S/C23H22N4O3S/c1-15-7-8-18(30-15)23(29)27-11-9-26(10-12-27)13-19-24-21(28)20-17(14-31-22(20)25-19)16-5-3-2-4-6-16/h2-8,14H,9-13H2,1H3,(H,24,25,28). The smallest absolute Gasteiger partial charge is 0.289 e. The molecule has 1 amide bonds. The molecule has 31 heavy (non-hydrogen) atoms. The Morgan fingerprint density at radius 2 is 1.90 bits per heavy atom. The first-order chi connectivity index (χ1) is 15.1. The number of aromatic amines is 1. The van der Waals surface area contributed by atoms with Crippen LogP contribution in [0.4, 0.5) is 0 Å². The zero-order valence-electron chi connectivity index (χ0n) is 17.1. The zero-order valence-corrected chi connectivity index (χ0v) is 17.9. The van der Waals surface area contributed by atoms with Gasteiger partial charge in [-0.05, 0) is 24.6 Å². The van der Waals surface area contributed by atoms with Gasteiger partial charge in [-0.3, -0.25) is 14.5 Å². The maximum Gasteiger partial charge on any atom is 0.289 e. The number of fused-ring (bicyclic) bond motifs is 1. The Morgan fingerprint density at radius 3 is 2.61 bits per heavy atom. The third-order valence-electron chi connectivity index (χ3n) is 5.56. The summed E-state index contributed by atoms with van der Waals surface area (Å²) in [4.78, 5) is 37.8. The molecule has 1 aromatic carbocycles. The molecule has 1 fully saturated rings. The molecule has 5 rings (SSSR count). The topological polar surface area (TPSA) is 82.4 Å². The number of hydrogen-bond donors (Lipinski definition) is 1. The van der Waals surface area contributed by atoms with E-state index in [9.17, 15) is 9.59 Å². The lowest BCUT2D eigenvalue weighted by atomic mass is 10.1.